The highest BCUT2D eigenvalue weighted by atomic mass is 16.5. The molecule has 0 unspecified atom stereocenters. The first kappa shape index (κ1) is 12.5. The Morgan fingerprint density at radius 3 is 2.63 bits per heavy atom. The molecule has 1 aromatic rings. The zero-order valence-corrected chi connectivity index (χ0v) is 11.6. The van der Waals surface area contributed by atoms with E-state index >= 15 is 0 Å². The third kappa shape index (κ3) is 2.10. The van der Waals surface area contributed by atoms with Crippen molar-refractivity contribution in [3.05, 3.63) is 11.3 Å². The molecule has 1 fully saturated rings. The number of rotatable bonds is 2. The summed E-state index contributed by atoms with van der Waals surface area (Å²) in [5.41, 5.74) is 1.43. The van der Waals surface area contributed by atoms with Gasteiger partial charge in [0.25, 0.3) is 5.91 Å². The fourth-order valence-corrected chi connectivity index (χ4v) is 2.72. The number of nitrogens with zero attached hydrogens (tertiary/aromatic N) is 4. The average molecular weight is 264 g/mol. The van der Waals surface area contributed by atoms with Crippen LogP contribution in [0.2, 0.25) is 0 Å². The van der Waals surface area contributed by atoms with Gasteiger partial charge in [0.15, 0.2) is 5.69 Å². The molecule has 1 aromatic heterocycles. The molecule has 104 valence electrons. The van der Waals surface area contributed by atoms with Crippen molar-refractivity contribution in [2.75, 3.05) is 39.3 Å². The van der Waals surface area contributed by atoms with Crippen molar-refractivity contribution < 1.29 is 9.53 Å². The lowest BCUT2D eigenvalue weighted by Crippen LogP contribution is -2.48. The summed E-state index contributed by atoms with van der Waals surface area (Å²) < 4.78 is 7.30. The SMILES string of the molecule is CCN1CCN(C(=O)c2nn3c(c2C)OCC3)CC1. The minimum atomic E-state index is 0.0405. The summed E-state index contributed by atoms with van der Waals surface area (Å²) in [6.07, 6.45) is 0. The van der Waals surface area contributed by atoms with Gasteiger partial charge in [-0.25, -0.2) is 4.68 Å². The second kappa shape index (κ2) is 4.85. The zero-order chi connectivity index (χ0) is 13.4. The second-order valence-electron chi connectivity index (χ2n) is 5.08. The summed E-state index contributed by atoms with van der Waals surface area (Å²) in [6, 6.07) is 0. The fraction of sp³-hybridized carbons (Fsp3) is 0.692. The standard InChI is InChI=1S/C13H20N4O2/c1-3-15-4-6-16(7-5-15)12(18)11-10(2)13-17(14-11)8-9-19-13/h3-9H2,1-2H3. The predicted octanol–water partition coefficient (Wildman–Crippen LogP) is 0.362. The van der Waals surface area contributed by atoms with Crippen LogP contribution in [-0.4, -0.2) is 64.8 Å². The Morgan fingerprint density at radius 2 is 2.00 bits per heavy atom. The van der Waals surface area contributed by atoms with E-state index in [1.807, 2.05) is 11.8 Å². The average Bonchev–Trinajstić information content (AvgIpc) is 3.02. The Bertz CT molecular complexity index is 489. The van der Waals surface area contributed by atoms with Crippen molar-refractivity contribution in [3.8, 4) is 5.88 Å². The number of likely N-dealkylation sites (N-methyl/N-ethyl adjacent to an activating group) is 1. The quantitative estimate of drug-likeness (QED) is 0.774. The molecule has 1 saturated heterocycles. The molecule has 19 heavy (non-hydrogen) atoms. The first-order chi connectivity index (χ1) is 9.20. The van der Waals surface area contributed by atoms with Crippen molar-refractivity contribution in [1.29, 1.82) is 0 Å². The van der Waals surface area contributed by atoms with E-state index < -0.39 is 0 Å². The summed E-state index contributed by atoms with van der Waals surface area (Å²) >= 11 is 0. The third-order valence-corrected chi connectivity index (χ3v) is 3.98. The van der Waals surface area contributed by atoms with E-state index in [1.165, 1.54) is 0 Å². The van der Waals surface area contributed by atoms with Gasteiger partial charge in [0.2, 0.25) is 5.88 Å². The van der Waals surface area contributed by atoms with E-state index in [2.05, 4.69) is 16.9 Å². The summed E-state index contributed by atoms with van der Waals surface area (Å²) in [6.45, 7) is 9.99. The first-order valence-corrected chi connectivity index (χ1v) is 6.92. The van der Waals surface area contributed by atoms with Gasteiger partial charge in [-0.1, -0.05) is 6.92 Å². The number of hydrogen-bond acceptors (Lipinski definition) is 4. The van der Waals surface area contributed by atoms with Crippen LogP contribution in [-0.2, 0) is 6.54 Å². The van der Waals surface area contributed by atoms with Gasteiger partial charge in [-0.2, -0.15) is 5.10 Å². The largest absolute Gasteiger partial charge is 0.476 e. The number of hydrogen-bond donors (Lipinski definition) is 0. The molecule has 0 bridgehead atoms. The number of aromatic nitrogens is 2. The van der Waals surface area contributed by atoms with Crippen molar-refractivity contribution in [3.63, 3.8) is 0 Å². The molecule has 3 rings (SSSR count). The van der Waals surface area contributed by atoms with Gasteiger partial charge >= 0.3 is 0 Å². The summed E-state index contributed by atoms with van der Waals surface area (Å²) in [4.78, 5) is 16.8. The Kier molecular flexibility index (Phi) is 3.18. The minimum Gasteiger partial charge on any atom is -0.476 e. The van der Waals surface area contributed by atoms with Crippen LogP contribution in [0.25, 0.3) is 0 Å². The van der Waals surface area contributed by atoms with Gasteiger partial charge in [0.05, 0.1) is 6.54 Å². The van der Waals surface area contributed by atoms with E-state index in [0.717, 1.165) is 50.7 Å². The first-order valence-electron chi connectivity index (χ1n) is 6.92. The van der Waals surface area contributed by atoms with Gasteiger partial charge < -0.3 is 14.5 Å². The van der Waals surface area contributed by atoms with Crippen LogP contribution >= 0.6 is 0 Å². The monoisotopic (exact) mass is 264 g/mol. The molecule has 6 heteroatoms. The third-order valence-electron chi connectivity index (χ3n) is 3.98. The van der Waals surface area contributed by atoms with E-state index in [1.54, 1.807) is 4.68 Å². The molecule has 1 amide bonds. The van der Waals surface area contributed by atoms with E-state index in [0.29, 0.717) is 12.3 Å². The van der Waals surface area contributed by atoms with Gasteiger partial charge in [-0.3, -0.25) is 4.79 Å². The molecule has 0 radical (unpaired) electrons. The zero-order valence-electron chi connectivity index (χ0n) is 11.6. The topological polar surface area (TPSA) is 50.6 Å². The van der Waals surface area contributed by atoms with Crippen LogP contribution < -0.4 is 4.74 Å². The molecule has 6 nitrogen and oxygen atoms in total. The van der Waals surface area contributed by atoms with Crippen LogP contribution in [0, 0.1) is 6.92 Å². The molecular formula is C13H20N4O2. The number of fused-ring (bicyclic) bond motifs is 1. The van der Waals surface area contributed by atoms with Crippen molar-refractivity contribution >= 4 is 5.91 Å². The molecule has 2 aliphatic heterocycles. The Hall–Kier alpha value is -1.56. The van der Waals surface area contributed by atoms with Gasteiger partial charge in [-0.15, -0.1) is 0 Å². The Labute approximate surface area is 112 Å². The molecule has 0 aromatic carbocycles. The van der Waals surface area contributed by atoms with Crippen molar-refractivity contribution in [2.45, 2.75) is 20.4 Å². The lowest BCUT2D eigenvalue weighted by Gasteiger charge is -2.33. The van der Waals surface area contributed by atoms with Crippen molar-refractivity contribution in [1.82, 2.24) is 19.6 Å². The highest BCUT2D eigenvalue weighted by molar-refractivity contribution is 5.94. The second-order valence-corrected chi connectivity index (χ2v) is 5.08. The Morgan fingerprint density at radius 1 is 1.26 bits per heavy atom. The molecule has 0 aliphatic carbocycles. The highest BCUT2D eigenvalue weighted by Crippen LogP contribution is 2.26. The lowest BCUT2D eigenvalue weighted by atomic mass is 10.2. The summed E-state index contributed by atoms with van der Waals surface area (Å²) in [7, 11) is 0. The molecule has 0 spiro atoms. The maximum atomic E-state index is 12.5. The van der Waals surface area contributed by atoms with Gasteiger partial charge in [0.1, 0.15) is 6.61 Å². The highest BCUT2D eigenvalue weighted by Gasteiger charge is 2.29. The van der Waals surface area contributed by atoms with E-state index in [9.17, 15) is 4.79 Å². The fourth-order valence-electron chi connectivity index (χ4n) is 2.72. The molecule has 0 N–H and O–H groups in total. The van der Waals surface area contributed by atoms with E-state index in [4.69, 9.17) is 4.74 Å². The molecule has 0 atom stereocenters. The van der Waals surface area contributed by atoms with Crippen LogP contribution in [0.15, 0.2) is 0 Å². The Balaban J connectivity index is 1.74. The maximum absolute atomic E-state index is 12.5. The van der Waals surface area contributed by atoms with Crippen LogP contribution in [0.4, 0.5) is 0 Å². The molecule has 0 saturated carbocycles. The van der Waals surface area contributed by atoms with Gasteiger partial charge in [0, 0.05) is 31.7 Å². The molecular weight excluding hydrogens is 244 g/mol. The van der Waals surface area contributed by atoms with Crippen LogP contribution in [0.5, 0.6) is 5.88 Å². The number of piperazine rings is 1. The van der Waals surface area contributed by atoms with Crippen molar-refractivity contribution in [2.24, 2.45) is 0 Å². The minimum absolute atomic E-state index is 0.0405. The number of amides is 1. The van der Waals surface area contributed by atoms with E-state index in [-0.39, 0.29) is 5.91 Å². The number of ether oxygens (including phenoxy) is 1. The summed E-state index contributed by atoms with van der Waals surface area (Å²) in [5, 5.41) is 4.39. The predicted molar refractivity (Wildman–Crippen MR) is 70.5 cm³/mol. The summed E-state index contributed by atoms with van der Waals surface area (Å²) in [5.74, 6) is 0.800. The van der Waals surface area contributed by atoms with Crippen LogP contribution in [0.3, 0.4) is 0 Å². The van der Waals surface area contributed by atoms with Gasteiger partial charge in [-0.05, 0) is 13.5 Å². The van der Waals surface area contributed by atoms with Crippen LogP contribution in [0.1, 0.15) is 23.0 Å². The number of carbonyl (C=O) groups excluding carboxylic acids is 1. The molecule has 2 aliphatic rings. The smallest absolute Gasteiger partial charge is 0.274 e. The molecule has 3 heterocycles. The maximum Gasteiger partial charge on any atom is 0.274 e. The number of carbonyl (C=O) groups is 1. The lowest BCUT2D eigenvalue weighted by molar-refractivity contribution is 0.0635. The normalized spacial score (nSPS) is 19.4.